The molecule has 3 nitrogen and oxygen atoms in total. The topological polar surface area (TPSA) is 56.2 Å². The number of fused-ring (bicyclic) bond motifs is 1. The molecule has 0 aliphatic rings. The Labute approximate surface area is 81.1 Å². The van der Waals surface area contributed by atoms with Crippen molar-refractivity contribution in [3.8, 4) is 0 Å². The van der Waals surface area contributed by atoms with Crippen LogP contribution >= 0.6 is 0 Å². The zero-order valence-electron chi connectivity index (χ0n) is 7.91. The van der Waals surface area contributed by atoms with Crippen LogP contribution in [-0.2, 0) is 6.54 Å². The standard InChI is InChI=1S/C11H11NO2/c1-7-2-3-10-9(4-7)11(13)8(5-12)6-14-10/h2-4,6H,5,12H2,1H3. The van der Waals surface area contributed by atoms with Crippen LogP contribution in [0.4, 0.5) is 0 Å². The van der Waals surface area contributed by atoms with Gasteiger partial charge in [0.15, 0.2) is 5.43 Å². The van der Waals surface area contributed by atoms with Crippen LogP contribution in [0.3, 0.4) is 0 Å². The van der Waals surface area contributed by atoms with Gasteiger partial charge in [-0.1, -0.05) is 11.6 Å². The fraction of sp³-hybridized carbons (Fsp3) is 0.182. The quantitative estimate of drug-likeness (QED) is 0.740. The van der Waals surface area contributed by atoms with E-state index in [9.17, 15) is 4.79 Å². The molecule has 0 radical (unpaired) electrons. The molecule has 0 saturated heterocycles. The fourth-order valence-electron chi connectivity index (χ4n) is 1.43. The first kappa shape index (κ1) is 8.97. The van der Waals surface area contributed by atoms with E-state index in [-0.39, 0.29) is 12.0 Å². The first-order valence-electron chi connectivity index (χ1n) is 4.43. The van der Waals surface area contributed by atoms with Crippen molar-refractivity contribution in [1.82, 2.24) is 0 Å². The fourth-order valence-corrected chi connectivity index (χ4v) is 1.43. The van der Waals surface area contributed by atoms with E-state index >= 15 is 0 Å². The van der Waals surface area contributed by atoms with Crippen molar-refractivity contribution in [3.63, 3.8) is 0 Å². The van der Waals surface area contributed by atoms with Gasteiger partial charge < -0.3 is 10.2 Å². The van der Waals surface area contributed by atoms with Crippen molar-refractivity contribution in [2.75, 3.05) is 0 Å². The van der Waals surface area contributed by atoms with E-state index in [1.165, 1.54) is 6.26 Å². The zero-order chi connectivity index (χ0) is 10.1. The maximum atomic E-state index is 11.8. The van der Waals surface area contributed by atoms with Gasteiger partial charge in [0.2, 0.25) is 0 Å². The summed E-state index contributed by atoms with van der Waals surface area (Å²) in [6.07, 6.45) is 1.43. The Hall–Kier alpha value is -1.61. The highest BCUT2D eigenvalue weighted by atomic mass is 16.3. The van der Waals surface area contributed by atoms with E-state index < -0.39 is 0 Å². The number of nitrogens with two attached hydrogens (primary N) is 1. The lowest BCUT2D eigenvalue weighted by Gasteiger charge is -2.00. The highest BCUT2D eigenvalue weighted by Gasteiger charge is 2.04. The Morgan fingerprint density at radius 2 is 2.21 bits per heavy atom. The van der Waals surface area contributed by atoms with Gasteiger partial charge in [-0.3, -0.25) is 4.79 Å². The number of benzene rings is 1. The van der Waals surface area contributed by atoms with Gasteiger partial charge in [-0.05, 0) is 19.1 Å². The first-order valence-corrected chi connectivity index (χ1v) is 4.43. The lowest BCUT2D eigenvalue weighted by molar-refractivity contribution is 0.593. The number of rotatable bonds is 1. The van der Waals surface area contributed by atoms with Gasteiger partial charge in [-0.2, -0.15) is 0 Å². The molecule has 3 heteroatoms. The maximum absolute atomic E-state index is 11.8. The second-order valence-corrected chi connectivity index (χ2v) is 3.29. The van der Waals surface area contributed by atoms with Gasteiger partial charge in [0.1, 0.15) is 5.58 Å². The monoisotopic (exact) mass is 189 g/mol. The maximum Gasteiger partial charge on any atom is 0.197 e. The number of aryl methyl sites for hydroxylation is 1. The number of hydrogen-bond acceptors (Lipinski definition) is 3. The molecule has 0 aliphatic carbocycles. The lowest BCUT2D eigenvalue weighted by Crippen LogP contribution is -2.12. The summed E-state index contributed by atoms with van der Waals surface area (Å²) < 4.78 is 5.29. The molecular formula is C11H11NO2. The van der Waals surface area contributed by atoms with Crippen molar-refractivity contribution in [1.29, 1.82) is 0 Å². The van der Waals surface area contributed by atoms with Crippen LogP contribution in [0.2, 0.25) is 0 Å². The third kappa shape index (κ3) is 1.32. The molecule has 72 valence electrons. The van der Waals surface area contributed by atoms with E-state index in [2.05, 4.69) is 0 Å². The Morgan fingerprint density at radius 1 is 1.43 bits per heavy atom. The van der Waals surface area contributed by atoms with E-state index in [0.29, 0.717) is 16.5 Å². The van der Waals surface area contributed by atoms with Crippen molar-refractivity contribution < 1.29 is 4.42 Å². The molecule has 0 atom stereocenters. The van der Waals surface area contributed by atoms with Crippen LogP contribution in [-0.4, -0.2) is 0 Å². The van der Waals surface area contributed by atoms with Crippen molar-refractivity contribution >= 4 is 11.0 Å². The molecule has 0 bridgehead atoms. The highest BCUT2D eigenvalue weighted by molar-refractivity contribution is 5.77. The van der Waals surface area contributed by atoms with Gasteiger partial charge in [0.05, 0.1) is 11.6 Å². The molecule has 1 aromatic carbocycles. The summed E-state index contributed by atoms with van der Waals surface area (Å²) in [5.41, 5.74) is 7.56. The zero-order valence-corrected chi connectivity index (χ0v) is 7.91. The summed E-state index contributed by atoms with van der Waals surface area (Å²) in [6, 6.07) is 5.53. The SMILES string of the molecule is Cc1ccc2occ(CN)c(=O)c2c1. The summed E-state index contributed by atoms with van der Waals surface area (Å²) in [5, 5.41) is 0.605. The van der Waals surface area contributed by atoms with Crippen LogP contribution in [0.25, 0.3) is 11.0 Å². The van der Waals surface area contributed by atoms with Gasteiger partial charge in [-0.15, -0.1) is 0 Å². The van der Waals surface area contributed by atoms with Crippen molar-refractivity contribution in [2.24, 2.45) is 5.73 Å². The van der Waals surface area contributed by atoms with Crippen molar-refractivity contribution in [2.45, 2.75) is 13.5 Å². The summed E-state index contributed by atoms with van der Waals surface area (Å²) in [5.74, 6) is 0. The smallest absolute Gasteiger partial charge is 0.197 e. The van der Waals surface area contributed by atoms with Crippen LogP contribution < -0.4 is 11.2 Å². The van der Waals surface area contributed by atoms with Crippen LogP contribution in [0.5, 0.6) is 0 Å². The Bertz CT molecular complexity index is 528. The summed E-state index contributed by atoms with van der Waals surface area (Å²) in [7, 11) is 0. The molecule has 2 rings (SSSR count). The van der Waals surface area contributed by atoms with Crippen LogP contribution in [0.15, 0.2) is 33.7 Å². The summed E-state index contributed by atoms with van der Waals surface area (Å²) in [4.78, 5) is 11.8. The molecule has 1 heterocycles. The van der Waals surface area contributed by atoms with Gasteiger partial charge in [0, 0.05) is 12.1 Å². The predicted molar refractivity (Wildman–Crippen MR) is 55.1 cm³/mol. The van der Waals surface area contributed by atoms with E-state index in [1.54, 1.807) is 6.07 Å². The number of hydrogen-bond donors (Lipinski definition) is 1. The lowest BCUT2D eigenvalue weighted by atomic mass is 10.1. The minimum atomic E-state index is -0.0301. The second-order valence-electron chi connectivity index (χ2n) is 3.29. The van der Waals surface area contributed by atoms with E-state index in [4.69, 9.17) is 10.2 Å². The molecule has 0 aliphatic heterocycles. The molecule has 0 fully saturated rings. The molecule has 0 saturated carbocycles. The molecular weight excluding hydrogens is 178 g/mol. The molecule has 1 aromatic heterocycles. The molecule has 0 unspecified atom stereocenters. The molecule has 14 heavy (non-hydrogen) atoms. The van der Waals surface area contributed by atoms with Gasteiger partial charge >= 0.3 is 0 Å². The normalized spacial score (nSPS) is 10.7. The third-order valence-corrected chi connectivity index (χ3v) is 2.22. The second kappa shape index (κ2) is 3.27. The predicted octanol–water partition coefficient (Wildman–Crippen LogP) is 1.56. The Morgan fingerprint density at radius 3 is 2.93 bits per heavy atom. The van der Waals surface area contributed by atoms with Gasteiger partial charge in [0.25, 0.3) is 0 Å². The minimum Gasteiger partial charge on any atom is -0.464 e. The molecule has 2 aromatic rings. The molecule has 0 spiro atoms. The Balaban J connectivity index is 2.87. The average molecular weight is 189 g/mol. The average Bonchev–Trinajstić information content (AvgIpc) is 2.20. The third-order valence-electron chi connectivity index (χ3n) is 2.22. The largest absolute Gasteiger partial charge is 0.464 e. The Kier molecular flexibility index (Phi) is 2.09. The van der Waals surface area contributed by atoms with Crippen LogP contribution in [0, 0.1) is 6.92 Å². The first-order chi connectivity index (χ1) is 6.72. The van der Waals surface area contributed by atoms with Gasteiger partial charge in [-0.25, -0.2) is 0 Å². The highest BCUT2D eigenvalue weighted by Crippen LogP contribution is 2.12. The van der Waals surface area contributed by atoms with E-state index in [1.807, 2.05) is 19.1 Å². The van der Waals surface area contributed by atoms with Crippen LogP contribution in [0.1, 0.15) is 11.1 Å². The molecule has 2 N–H and O–H groups in total. The van der Waals surface area contributed by atoms with Crippen molar-refractivity contribution in [3.05, 3.63) is 45.8 Å². The summed E-state index contributed by atoms with van der Waals surface area (Å²) >= 11 is 0. The summed E-state index contributed by atoms with van der Waals surface area (Å²) in [6.45, 7) is 2.15. The molecule has 0 amide bonds. The van der Waals surface area contributed by atoms with E-state index in [0.717, 1.165) is 5.56 Å². The minimum absolute atomic E-state index is 0.0301.